The monoisotopic (exact) mass is 368 g/mol. The summed E-state index contributed by atoms with van der Waals surface area (Å²) in [6.07, 6.45) is 2.47. The minimum Gasteiger partial charge on any atom is -0.465 e. The lowest BCUT2D eigenvalue weighted by molar-refractivity contribution is 0.0600. The summed E-state index contributed by atoms with van der Waals surface area (Å²) in [6, 6.07) is 14.2. The average Bonchev–Trinajstić information content (AvgIpc) is 2.73. The van der Waals surface area contributed by atoms with E-state index in [9.17, 15) is 9.59 Å². The highest BCUT2D eigenvalue weighted by Gasteiger charge is 2.19. The molecule has 1 aliphatic heterocycles. The fourth-order valence-corrected chi connectivity index (χ4v) is 3.20. The zero-order chi connectivity index (χ0) is 19.2. The van der Waals surface area contributed by atoms with Gasteiger partial charge in [0.15, 0.2) is 0 Å². The largest absolute Gasteiger partial charge is 0.465 e. The zero-order valence-electron chi connectivity index (χ0n) is 15.6. The number of benzene rings is 2. The summed E-state index contributed by atoms with van der Waals surface area (Å²) < 4.78 is 10.1. The van der Waals surface area contributed by atoms with E-state index in [1.807, 2.05) is 24.3 Å². The van der Waals surface area contributed by atoms with E-state index < -0.39 is 5.97 Å². The number of amides is 1. The minimum atomic E-state index is -0.425. The van der Waals surface area contributed by atoms with Crippen LogP contribution in [0, 0.1) is 0 Å². The van der Waals surface area contributed by atoms with Crippen molar-refractivity contribution in [2.75, 3.05) is 37.5 Å². The molecular formula is C21H24N2O4. The summed E-state index contributed by atoms with van der Waals surface area (Å²) in [5, 5.41) is 2.87. The molecule has 0 aromatic heterocycles. The molecule has 142 valence electrons. The number of esters is 1. The first-order valence-electron chi connectivity index (χ1n) is 8.98. The summed E-state index contributed by atoms with van der Waals surface area (Å²) >= 11 is 0. The first-order valence-corrected chi connectivity index (χ1v) is 8.98. The lowest BCUT2D eigenvalue weighted by Gasteiger charge is -2.33. The summed E-state index contributed by atoms with van der Waals surface area (Å²) in [5.74, 6) is -0.650. The normalized spacial score (nSPS) is 16.7. The van der Waals surface area contributed by atoms with Gasteiger partial charge in [-0.25, -0.2) is 4.79 Å². The van der Waals surface area contributed by atoms with E-state index in [0.29, 0.717) is 11.1 Å². The number of carbonyl (C=O) groups is 2. The van der Waals surface area contributed by atoms with E-state index >= 15 is 0 Å². The Morgan fingerprint density at radius 2 is 1.67 bits per heavy atom. The van der Waals surface area contributed by atoms with Crippen molar-refractivity contribution >= 4 is 23.3 Å². The quantitative estimate of drug-likeness (QED) is 0.820. The van der Waals surface area contributed by atoms with Crippen molar-refractivity contribution in [1.82, 2.24) is 0 Å². The lowest BCUT2D eigenvalue weighted by atomic mass is 10.1. The maximum atomic E-state index is 12.4. The van der Waals surface area contributed by atoms with Crippen LogP contribution in [0.25, 0.3) is 0 Å². The molecule has 1 heterocycles. The molecular weight excluding hydrogens is 344 g/mol. The molecule has 1 N–H and O–H groups in total. The third-order valence-corrected chi connectivity index (χ3v) is 4.77. The third kappa shape index (κ3) is 4.65. The van der Waals surface area contributed by atoms with E-state index in [4.69, 9.17) is 4.74 Å². The Kier molecular flexibility index (Phi) is 6.08. The molecule has 1 aliphatic rings. The van der Waals surface area contributed by atoms with Gasteiger partial charge < -0.3 is 19.7 Å². The van der Waals surface area contributed by atoms with E-state index in [-0.39, 0.29) is 12.0 Å². The average molecular weight is 368 g/mol. The molecule has 0 saturated carbocycles. The number of hydrogen-bond donors (Lipinski definition) is 1. The Balaban J connectivity index is 1.62. The van der Waals surface area contributed by atoms with Crippen LogP contribution in [0.4, 0.5) is 11.4 Å². The Morgan fingerprint density at radius 3 is 2.30 bits per heavy atom. The molecule has 2 aromatic carbocycles. The summed E-state index contributed by atoms with van der Waals surface area (Å²) in [5.41, 5.74) is 2.73. The maximum Gasteiger partial charge on any atom is 0.337 e. The van der Waals surface area contributed by atoms with Crippen LogP contribution >= 0.6 is 0 Å². The molecule has 6 heteroatoms. The molecule has 3 rings (SSSR count). The molecule has 1 saturated heterocycles. The predicted molar refractivity (Wildman–Crippen MR) is 104 cm³/mol. The number of nitrogens with zero attached hydrogens (tertiary/aromatic N) is 1. The van der Waals surface area contributed by atoms with Crippen LogP contribution in [0.5, 0.6) is 0 Å². The van der Waals surface area contributed by atoms with Crippen molar-refractivity contribution in [3.63, 3.8) is 0 Å². The van der Waals surface area contributed by atoms with Crippen molar-refractivity contribution in [1.29, 1.82) is 0 Å². The van der Waals surface area contributed by atoms with E-state index in [1.165, 1.54) is 7.11 Å². The molecule has 0 radical (unpaired) electrons. The molecule has 0 aliphatic carbocycles. The number of carbonyl (C=O) groups excluding carboxylic acids is 2. The van der Waals surface area contributed by atoms with Gasteiger partial charge in [-0.15, -0.1) is 0 Å². The van der Waals surface area contributed by atoms with E-state index in [1.54, 1.807) is 31.4 Å². The number of hydrogen-bond acceptors (Lipinski definition) is 5. The van der Waals surface area contributed by atoms with Gasteiger partial charge in [-0.2, -0.15) is 0 Å². The first-order chi connectivity index (χ1) is 13.1. The predicted octanol–water partition coefficient (Wildman–Crippen LogP) is 3.34. The van der Waals surface area contributed by atoms with Gasteiger partial charge in [-0.05, 0) is 61.4 Å². The summed E-state index contributed by atoms with van der Waals surface area (Å²) in [4.78, 5) is 26.1. The number of methoxy groups -OCH3 is 2. The Morgan fingerprint density at radius 1 is 1.00 bits per heavy atom. The lowest BCUT2D eigenvalue weighted by Crippen LogP contribution is -2.39. The molecule has 0 bridgehead atoms. The second-order valence-electron chi connectivity index (χ2n) is 6.52. The second kappa shape index (κ2) is 8.68. The van der Waals surface area contributed by atoms with Crippen molar-refractivity contribution in [3.8, 4) is 0 Å². The number of ether oxygens (including phenoxy) is 2. The van der Waals surface area contributed by atoms with Crippen molar-refractivity contribution in [2.24, 2.45) is 0 Å². The highest BCUT2D eigenvalue weighted by atomic mass is 16.5. The Bertz CT molecular complexity index is 787. The minimum absolute atomic E-state index is 0.225. The summed E-state index contributed by atoms with van der Waals surface area (Å²) in [7, 11) is 3.08. The second-order valence-corrected chi connectivity index (χ2v) is 6.52. The van der Waals surface area contributed by atoms with Gasteiger partial charge in [0.1, 0.15) is 0 Å². The molecule has 1 unspecified atom stereocenters. The molecule has 27 heavy (non-hydrogen) atoms. The van der Waals surface area contributed by atoms with E-state index in [0.717, 1.165) is 37.3 Å². The maximum absolute atomic E-state index is 12.4. The number of piperidine rings is 1. The van der Waals surface area contributed by atoms with Crippen LogP contribution in [0.3, 0.4) is 0 Å². The number of anilines is 2. The highest BCUT2D eigenvalue weighted by Crippen LogP contribution is 2.23. The van der Waals surface area contributed by atoms with Crippen LogP contribution in [-0.2, 0) is 9.47 Å². The SMILES string of the molecule is COC(=O)c1ccc(C(=O)Nc2ccc(N3CCCC(OC)C3)cc2)cc1. The Labute approximate surface area is 159 Å². The van der Waals surface area contributed by atoms with Crippen molar-refractivity contribution in [2.45, 2.75) is 18.9 Å². The van der Waals surface area contributed by atoms with Crippen LogP contribution in [0.15, 0.2) is 48.5 Å². The summed E-state index contributed by atoms with van der Waals surface area (Å²) in [6.45, 7) is 1.90. The molecule has 6 nitrogen and oxygen atoms in total. The van der Waals surface area contributed by atoms with Crippen LogP contribution < -0.4 is 10.2 Å². The Hall–Kier alpha value is -2.86. The molecule has 1 atom stereocenters. The van der Waals surface area contributed by atoms with Gasteiger partial charge in [0.2, 0.25) is 0 Å². The van der Waals surface area contributed by atoms with E-state index in [2.05, 4.69) is 15.0 Å². The van der Waals surface area contributed by atoms with Crippen LogP contribution in [-0.4, -0.2) is 45.3 Å². The highest BCUT2D eigenvalue weighted by molar-refractivity contribution is 6.04. The molecule has 1 fully saturated rings. The van der Waals surface area contributed by atoms with Gasteiger partial charge in [-0.1, -0.05) is 0 Å². The van der Waals surface area contributed by atoms with Gasteiger partial charge in [0.05, 0.1) is 18.8 Å². The zero-order valence-corrected chi connectivity index (χ0v) is 15.6. The molecule has 0 spiro atoms. The van der Waals surface area contributed by atoms with Crippen LogP contribution in [0.2, 0.25) is 0 Å². The molecule has 2 aromatic rings. The third-order valence-electron chi connectivity index (χ3n) is 4.77. The number of nitrogens with one attached hydrogen (secondary N) is 1. The van der Waals surface area contributed by atoms with Crippen molar-refractivity contribution in [3.05, 3.63) is 59.7 Å². The first kappa shape index (κ1) is 18.9. The fraction of sp³-hybridized carbons (Fsp3) is 0.333. The fourth-order valence-electron chi connectivity index (χ4n) is 3.20. The van der Waals surface area contributed by atoms with Gasteiger partial charge in [0.25, 0.3) is 5.91 Å². The van der Waals surface area contributed by atoms with Gasteiger partial charge in [-0.3, -0.25) is 4.79 Å². The van der Waals surface area contributed by atoms with Crippen molar-refractivity contribution < 1.29 is 19.1 Å². The molecule has 1 amide bonds. The number of rotatable bonds is 5. The van der Waals surface area contributed by atoms with Gasteiger partial charge >= 0.3 is 5.97 Å². The van der Waals surface area contributed by atoms with Gasteiger partial charge in [0, 0.05) is 37.1 Å². The topological polar surface area (TPSA) is 67.9 Å². The standard InChI is InChI=1S/C21H24N2O4/c1-26-19-4-3-13-23(14-19)18-11-9-17(10-12-18)22-20(24)15-5-7-16(8-6-15)21(25)27-2/h5-12,19H,3-4,13-14H2,1-2H3,(H,22,24). The van der Waals surface area contributed by atoms with Crippen LogP contribution in [0.1, 0.15) is 33.6 Å². The smallest absolute Gasteiger partial charge is 0.337 e.